The lowest BCUT2D eigenvalue weighted by molar-refractivity contribution is 0.0951. The van der Waals surface area contributed by atoms with Crippen LogP contribution in [0.15, 0.2) is 22.7 Å². The molecule has 3 nitrogen and oxygen atoms in total. The largest absolute Gasteiger partial charge is 0.352 e. The molecule has 1 unspecified atom stereocenters. The third-order valence-electron chi connectivity index (χ3n) is 3.43. The van der Waals surface area contributed by atoms with Crippen LogP contribution < -0.4 is 10.6 Å². The number of hydrogen-bond acceptors (Lipinski definition) is 2. The fourth-order valence-electron chi connectivity index (χ4n) is 2.19. The number of hydrogen-bond donors (Lipinski definition) is 2. The van der Waals surface area contributed by atoms with Crippen LogP contribution in [0, 0.1) is 12.8 Å². The molecule has 0 bridgehead atoms. The lowest BCUT2D eigenvalue weighted by Gasteiger charge is -2.10. The summed E-state index contributed by atoms with van der Waals surface area (Å²) >= 11 is 3.45. The standard InChI is InChI=1S/C14H19BrN2O.ClH/c1-10-2-3-12(8-13(10)15)14(18)17-7-5-11-4-6-16-9-11;/h2-3,8,11,16H,4-7,9H2,1H3,(H,17,18);1H. The highest BCUT2D eigenvalue weighted by Gasteiger charge is 2.14. The summed E-state index contributed by atoms with van der Waals surface area (Å²) in [5.74, 6) is 0.733. The zero-order valence-electron chi connectivity index (χ0n) is 11.0. The second-order valence-corrected chi connectivity index (χ2v) is 5.72. The van der Waals surface area contributed by atoms with E-state index in [2.05, 4.69) is 26.6 Å². The molecule has 1 heterocycles. The molecule has 1 atom stereocenters. The van der Waals surface area contributed by atoms with E-state index in [1.807, 2.05) is 25.1 Å². The van der Waals surface area contributed by atoms with Gasteiger partial charge in [0.15, 0.2) is 0 Å². The molecule has 1 saturated heterocycles. The predicted octanol–water partition coefficient (Wildman–Crippen LogP) is 2.91. The van der Waals surface area contributed by atoms with E-state index in [-0.39, 0.29) is 18.3 Å². The maximum absolute atomic E-state index is 11.9. The minimum absolute atomic E-state index is 0. The monoisotopic (exact) mass is 346 g/mol. The normalized spacial score (nSPS) is 17.9. The quantitative estimate of drug-likeness (QED) is 0.879. The molecule has 0 aliphatic carbocycles. The van der Waals surface area contributed by atoms with Crippen LogP contribution in [0.3, 0.4) is 0 Å². The zero-order chi connectivity index (χ0) is 13.0. The molecule has 2 rings (SSSR count). The molecule has 0 aromatic heterocycles. The minimum atomic E-state index is 0. The summed E-state index contributed by atoms with van der Waals surface area (Å²) < 4.78 is 0.982. The first-order valence-corrected chi connectivity index (χ1v) is 7.21. The molecule has 5 heteroatoms. The summed E-state index contributed by atoms with van der Waals surface area (Å²) in [6.45, 7) is 4.98. The highest BCUT2D eigenvalue weighted by molar-refractivity contribution is 9.10. The number of halogens is 2. The van der Waals surface area contributed by atoms with Crippen LogP contribution in [0.2, 0.25) is 0 Å². The Bertz CT molecular complexity index is 433. The van der Waals surface area contributed by atoms with Crippen molar-refractivity contribution in [1.29, 1.82) is 0 Å². The van der Waals surface area contributed by atoms with Gasteiger partial charge < -0.3 is 10.6 Å². The Kier molecular flexibility index (Phi) is 6.83. The van der Waals surface area contributed by atoms with Gasteiger partial charge in [0.1, 0.15) is 0 Å². The van der Waals surface area contributed by atoms with Gasteiger partial charge in [0.25, 0.3) is 5.91 Å². The first-order chi connectivity index (χ1) is 8.66. The van der Waals surface area contributed by atoms with E-state index in [4.69, 9.17) is 0 Å². The molecule has 1 aromatic rings. The number of carbonyl (C=O) groups is 1. The van der Waals surface area contributed by atoms with Crippen LogP contribution in [0.1, 0.15) is 28.8 Å². The first kappa shape index (κ1) is 16.5. The highest BCUT2D eigenvalue weighted by atomic mass is 79.9. The molecule has 0 saturated carbocycles. The molecule has 1 aliphatic heterocycles. The summed E-state index contributed by atoms with van der Waals surface area (Å²) in [6.07, 6.45) is 2.29. The van der Waals surface area contributed by atoms with Crippen LogP contribution in [0.4, 0.5) is 0 Å². The van der Waals surface area contributed by atoms with Crippen molar-refractivity contribution >= 4 is 34.2 Å². The van der Waals surface area contributed by atoms with Crippen molar-refractivity contribution in [3.8, 4) is 0 Å². The summed E-state index contributed by atoms with van der Waals surface area (Å²) in [6, 6.07) is 5.70. The molecular formula is C14H20BrClN2O. The average Bonchev–Trinajstić information content (AvgIpc) is 2.85. The molecule has 1 aromatic carbocycles. The number of benzene rings is 1. The van der Waals surface area contributed by atoms with Gasteiger partial charge in [-0.05, 0) is 56.5 Å². The van der Waals surface area contributed by atoms with E-state index in [9.17, 15) is 4.79 Å². The highest BCUT2D eigenvalue weighted by Crippen LogP contribution is 2.17. The molecule has 1 aliphatic rings. The van der Waals surface area contributed by atoms with Crippen molar-refractivity contribution in [2.24, 2.45) is 5.92 Å². The molecule has 106 valence electrons. The minimum Gasteiger partial charge on any atom is -0.352 e. The van der Waals surface area contributed by atoms with E-state index >= 15 is 0 Å². The van der Waals surface area contributed by atoms with Crippen LogP contribution in [0.5, 0.6) is 0 Å². The van der Waals surface area contributed by atoms with E-state index < -0.39 is 0 Å². The van der Waals surface area contributed by atoms with Crippen molar-refractivity contribution in [2.45, 2.75) is 19.8 Å². The van der Waals surface area contributed by atoms with Crippen LogP contribution in [-0.2, 0) is 0 Å². The summed E-state index contributed by atoms with van der Waals surface area (Å²) in [7, 11) is 0. The molecule has 1 amide bonds. The summed E-state index contributed by atoms with van der Waals surface area (Å²) in [5.41, 5.74) is 1.86. The number of aryl methyl sites for hydroxylation is 1. The maximum Gasteiger partial charge on any atom is 0.251 e. The Morgan fingerprint density at radius 2 is 2.32 bits per heavy atom. The third kappa shape index (κ3) is 4.79. The van der Waals surface area contributed by atoms with E-state index in [1.165, 1.54) is 6.42 Å². The molecular weight excluding hydrogens is 328 g/mol. The van der Waals surface area contributed by atoms with Crippen molar-refractivity contribution < 1.29 is 4.79 Å². The Hall–Kier alpha value is -0.580. The third-order valence-corrected chi connectivity index (χ3v) is 4.29. The van der Waals surface area contributed by atoms with Crippen LogP contribution in [0.25, 0.3) is 0 Å². The van der Waals surface area contributed by atoms with Gasteiger partial charge in [-0.3, -0.25) is 4.79 Å². The summed E-state index contributed by atoms with van der Waals surface area (Å²) in [4.78, 5) is 11.9. The van der Waals surface area contributed by atoms with Crippen molar-refractivity contribution in [2.75, 3.05) is 19.6 Å². The smallest absolute Gasteiger partial charge is 0.251 e. The van der Waals surface area contributed by atoms with Gasteiger partial charge >= 0.3 is 0 Å². The fraction of sp³-hybridized carbons (Fsp3) is 0.500. The van der Waals surface area contributed by atoms with Gasteiger partial charge in [0, 0.05) is 16.6 Å². The van der Waals surface area contributed by atoms with Crippen molar-refractivity contribution in [1.82, 2.24) is 10.6 Å². The molecule has 1 fully saturated rings. The molecule has 0 radical (unpaired) electrons. The molecule has 2 N–H and O–H groups in total. The number of amides is 1. The number of carbonyl (C=O) groups excluding carboxylic acids is 1. The number of rotatable bonds is 4. The van der Waals surface area contributed by atoms with Crippen molar-refractivity contribution in [3.05, 3.63) is 33.8 Å². The zero-order valence-corrected chi connectivity index (χ0v) is 13.4. The predicted molar refractivity (Wildman–Crippen MR) is 84.1 cm³/mol. The average molecular weight is 348 g/mol. The number of nitrogens with one attached hydrogen (secondary N) is 2. The van der Waals surface area contributed by atoms with Gasteiger partial charge in [-0.25, -0.2) is 0 Å². The second kappa shape index (κ2) is 7.88. The van der Waals surface area contributed by atoms with E-state index in [0.717, 1.165) is 47.6 Å². The van der Waals surface area contributed by atoms with Gasteiger partial charge in [-0.1, -0.05) is 22.0 Å². The fourth-order valence-corrected chi connectivity index (χ4v) is 2.57. The van der Waals surface area contributed by atoms with Gasteiger partial charge in [0.05, 0.1) is 0 Å². The molecule has 0 spiro atoms. The Balaban J connectivity index is 0.00000180. The lowest BCUT2D eigenvalue weighted by atomic mass is 10.1. The second-order valence-electron chi connectivity index (χ2n) is 4.87. The van der Waals surface area contributed by atoms with Crippen molar-refractivity contribution in [3.63, 3.8) is 0 Å². The van der Waals surface area contributed by atoms with Gasteiger partial charge in [-0.2, -0.15) is 0 Å². The van der Waals surface area contributed by atoms with E-state index in [1.54, 1.807) is 0 Å². The molecule has 19 heavy (non-hydrogen) atoms. The van der Waals surface area contributed by atoms with Crippen LogP contribution in [-0.4, -0.2) is 25.5 Å². The Morgan fingerprint density at radius 1 is 1.53 bits per heavy atom. The lowest BCUT2D eigenvalue weighted by Crippen LogP contribution is -2.26. The van der Waals surface area contributed by atoms with Gasteiger partial charge in [0.2, 0.25) is 0 Å². The van der Waals surface area contributed by atoms with Gasteiger partial charge in [-0.15, -0.1) is 12.4 Å². The topological polar surface area (TPSA) is 41.1 Å². The Morgan fingerprint density at radius 3 is 2.95 bits per heavy atom. The summed E-state index contributed by atoms with van der Waals surface area (Å²) in [5, 5.41) is 6.32. The van der Waals surface area contributed by atoms with Crippen LogP contribution >= 0.6 is 28.3 Å². The van der Waals surface area contributed by atoms with E-state index in [0.29, 0.717) is 0 Å². The SMILES string of the molecule is Cc1ccc(C(=O)NCCC2CCNC2)cc1Br.Cl. The maximum atomic E-state index is 11.9. The Labute approximate surface area is 129 Å². The first-order valence-electron chi connectivity index (χ1n) is 6.42.